The molecule has 0 N–H and O–H groups in total. The van der Waals surface area contributed by atoms with Gasteiger partial charge in [-0.05, 0) is 167 Å². The fourth-order valence-corrected chi connectivity index (χ4v) is 13.0. The van der Waals surface area contributed by atoms with Crippen LogP contribution in [0.5, 0.6) is 0 Å². The van der Waals surface area contributed by atoms with Crippen molar-refractivity contribution in [3.63, 3.8) is 0 Å². The minimum absolute atomic E-state index is 0.0701. The molecule has 1 aromatic heterocycles. The first kappa shape index (κ1) is 43.6. The zero-order valence-electron chi connectivity index (χ0n) is 42.9. The van der Waals surface area contributed by atoms with Crippen molar-refractivity contribution >= 4 is 88.4 Å². The highest BCUT2D eigenvalue weighted by molar-refractivity contribution is 6.29. The molecule has 0 bridgehead atoms. The van der Waals surface area contributed by atoms with Gasteiger partial charge in [0.05, 0.1) is 11.4 Å². The van der Waals surface area contributed by atoms with Gasteiger partial charge in [-0.15, -0.1) is 0 Å². The van der Waals surface area contributed by atoms with Crippen LogP contribution in [0.15, 0.2) is 199 Å². The summed E-state index contributed by atoms with van der Waals surface area (Å²) in [4.78, 5) is 4.90. The minimum Gasteiger partial charge on any atom is -0.454 e. The van der Waals surface area contributed by atoms with Crippen LogP contribution in [0.2, 0.25) is 0 Å². The van der Waals surface area contributed by atoms with Gasteiger partial charge in [0.1, 0.15) is 5.58 Å². The number of fused-ring (bicyclic) bond motifs is 10. The van der Waals surface area contributed by atoms with E-state index in [0.717, 1.165) is 50.4 Å². The maximum Gasteiger partial charge on any atom is 0.159 e. The Balaban J connectivity index is 0.953. The number of anilines is 6. The van der Waals surface area contributed by atoms with Crippen LogP contribution >= 0.6 is 0 Å². The zero-order valence-corrected chi connectivity index (χ0v) is 42.9. The fraction of sp³-hybridized carbons (Fsp3) is 0.171. The van der Waals surface area contributed by atoms with Gasteiger partial charge in [-0.25, -0.2) is 0 Å². The molecule has 0 atom stereocenters. The van der Waals surface area contributed by atoms with Crippen molar-refractivity contribution < 1.29 is 4.42 Å². The first-order valence-electron chi connectivity index (χ1n) is 26.2. The number of furan rings is 1. The number of rotatable bonds is 8. The van der Waals surface area contributed by atoms with Crippen molar-refractivity contribution in [3.8, 4) is 22.3 Å². The predicted octanol–water partition coefficient (Wildman–Crippen LogP) is 20.3. The summed E-state index contributed by atoms with van der Waals surface area (Å²) >= 11 is 0. The number of para-hydroxylation sites is 2. The fourth-order valence-electron chi connectivity index (χ4n) is 13.0. The third kappa shape index (κ3) is 6.31. The standard InChI is InChI=1S/C70H58N2O/c1-41(2)43-20-27-47(28-21-43)71(49-32-36-59-57(39-49)51-14-9-11-17-58(51)69(59,5)6)62-37-26-45-24-34-56-66-46(25-33-55(62)65(45)66)38-61-67(56)54-35-31-50(40-60(54)70(61,7)8)72(48-29-22-44(23-30-48)42(3)4)63-18-13-16-53-52-15-10-12-19-64(52)73-68(53)63/h9-42H,1-8H3. The lowest BCUT2D eigenvalue weighted by atomic mass is 9.80. The van der Waals surface area contributed by atoms with Crippen LogP contribution < -0.4 is 9.80 Å². The van der Waals surface area contributed by atoms with Gasteiger partial charge >= 0.3 is 0 Å². The number of hydrogen-bond donors (Lipinski definition) is 0. The van der Waals surface area contributed by atoms with Crippen LogP contribution in [-0.2, 0) is 10.8 Å². The topological polar surface area (TPSA) is 19.6 Å². The molecule has 14 rings (SSSR count). The Kier molecular flexibility index (Phi) is 9.37. The molecule has 0 saturated heterocycles. The quantitative estimate of drug-likeness (QED) is 0.142. The molecule has 0 saturated carbocycles. The SMILES string of the molecule is CC(C)c1ccc(N(c2ccc3c(c2)-c2ccccc2C3(C)C)c2ccc3ccc4c5c(cc6ccc2c3c64)C(C)(C)c2cc(N(c3ccc(C(C)C)cc3)c3cccc4c3oc3ccccc34)ccc2-5)cc1. The van der Waals surface area contributed by atoms with E-state index in [0.29, 0.717) is 11.8 Å². The average Bonchev–Trinajstić information content (AvgIpc) is 3.99. The largest absolute Gasteiger partial charge is 0.454 e. The molecule has 0 aliphatic heterocycles. The summed E-state index contributed by atoms with van der Waals surface area (Å²) in [6.07, 6.45) is 0. The van der Waals surface area contributed by atoms with E-state index in [2.05, 4.69) is 259 Å². The van der Waals surface area contributed by atoms with Crippen molar-refractivity contribution in [1.82, 2.24) is 0 Å². The van der Waals surface area contributed by atoms with Crippen molar-refractivity contribution in [2.24, 2.45) is 0 Å². The molecule has 0 fully saturated rings. The summed E-state index contributed by atoms with van der Waals surface area (Å²) < 4.78 is 6.74. The molecule has 1 heterocycles. The Bertz CT molecular complexity index is 4210. The lowest BCUT2D eigenvalue weighted by Crippen LogP contribution is -2.17. The Morgan fingerprint density at radius 3 is 1.70 bits per heavy atom. The number of hydrogen-bond acceptors (Lipinski definition) is 3. The monoisotopic (exact) mass is 942 g/mol. The molecular weight excluding hydrogens is 885 g/mol. The lowest BCUT2D eigenvalue weighted by molar-refractivity contribution is 0.660. The van der Waals surface area contributed by atoms with Crippen LogP contribution in [0.1, 0.15) is 101 Å². The van der Waals surface area contributed by atoms with Gasteiger partial charge < -0.3 is 14.2 Å². The molecule has 0 radical (unpaired) electrons. The molecule has 354 valence electrons. The molecule has 73 heavy (non-hydrogen) atoms. The van der Waals surface area contributed by atoms with Crippen molar-refractivity contribution in [3.05, 3.63) is 228 Å². The molecule has 0 unspecified atom stereocenters. The van der Waals surface area contributed by atoms with Crippen molar-refractivity contribution in [2.45, 2.75) is 78.1 Å². The summed E-state index contributed by atoms with van der Waals surface area (Å²) in [7, 11) is 0. The van der Waals surface area contributed by atoms with Gasteiger partial charge in [0.2, 0.25) is 0 Å². The lowest BCUT2D eigenvalue weighted by Gasteiger charge is -2.29. The highest BCUT2D eigenvalue weighted by atomic mass is 16.3. The Labute approximate surface area is 428 Å². The summed E-state index contributed by atoms with van der Waals surface area (Å²) in [5.41, 5.74) is 21.6. The minimum atomic E-state index is -0.269. The molecule has 3 heteroatoms. The van der Waals surface area contributed by atoms with E-state index in [9.17, 15) is 0 Å². The normalized spacial score (nSPS) is 14.2. The van der Waals surface area contributed by atoms with Crippen LogP contribution in [0, 0.1) is 0 Å². The van der Waals surface area contributed by atoms with E-state index in [1.54, 1.807) is 0 Å². The maximum atomic E-state index is 6.74. The Morgan fingerprint density at radius 1 is 0.370 bits per heavy atom. The first-order chi connectivity index (χ1) is 35.4. The van der Waals surface area contributed by atoms with Gasteiger partial charge in [-0.3, -0.25) is 0 Å². The van der Waals surface area contributed by atoms with Gasteiger partial charge in [0, 0.05) is 49.7 Å². The van der Waals surface area contributed by atoms with Crippen molar-refractivity contribution in [2.75, 3.05) is 9.80 Å². The summed E-state index contributed by atoms with van der Waals surface area (Å²) in [6, 6.07) is 73.3. The van der Waals surface area contributed by atoms with Crippen LogP contribution in [0.4, 0.5) is 34.1 Å². The number of benzene rings is 11. The van der Waals surface area contributed by atoms with E-state index >= 15 is 0 Å². The molecule has 0 amide bonds. The van der Waals surface area contributed by atoms with E-state index < -0.39 is 0 Å². The second-order valence-corrected chi connectivity index (χ2v) is 22.5. The molecule has 0 spiro atoms. The van der Waals surface area contributed by atoms with Crippen LogP contribution in [-0.4, -0.2) is 0 Å². The second-order valence-electron chi connectivity index (χ2n) is 22.5. The smallest absolute Gasteiger partial charge is 0.159 e. The molecule has 3 nitrogen and oxygen atoms in total. The molecule has 12 aromatic rings. The molecule has 2 aliphatic rings. The molecule has 11 aromatic carbocycles. The van der Waals surface area contributed by atoms with Gasteiger partial charge in [0.15, 0.2) is 5.58 Å². The van der Waals surface area contributed by atoms with E-state index in [4.69, 9.17) is 4.42 Å². The summed E-state index contributed by atoms with van der Waals surface area (Å²) in [5.74, 6) is 0.876. The first-order valence-corrected chi connectivity index (χ1v) is 26.2. The Morgan fingerprint density at radius 2 is 0.945 bits per heavy atom. The van der Waals surface area contributed by atoms with Crippen LogP contribution in [0.25, 0.3) is 76.5 Å². The highest BCUT2D eigenvalue weighted by Gasteiger charge is 2.39. The van der Waals surface area contributed by atoms with Gasteiger partial charge in [-0.1, -0.05) is 177 Å². The van der Waals surface area contributed by atoms with Crippen LogP contribution in [0.3, 0.4) is 0 Å². The molecular formula is C70H58N2O. The summed E-state index contributed by atoms with van der Waals surface area (Å²) in [6.45, 7) is 18.6. The van der Waals surface area contributed by atoms with Crippen molar-refractivity contribution in [1.29, 1.82) is 0 Å². The van der Waals surface area contributed by atoms with Gasteiger partial charge in [-0.2, -0.15) is 0 Å². The van der Waals surface area contributed by atoms with E-state index in [1.165, 1.54) is 93.6 Å². The predicted molar refractivity (Wildman–Crippen MR) is 310 cm³/mol. The third-order valence-corrected chi connectivity index (χ3v) is 17.0. The summed E-state index contributed by atoms with van der Waals surface area (Å²) in [5, 5.41) is 9.96. The second kappa shape index (κ2) is 15.7. The number of nitrogens with zero attached hydrogens (tertiary/aromatic N) is 2. The molecule has 2 aliphatic carbocycles. The third-order valence-electron chi connectivity index (χ3n) is 17.0. The highest BCUT2D eigenvalue weighted by Crippen LogP contribution is 2.57. The van der Waals surface area contributed by atoms with Gasteiger partial charge in [0.25, 0.3) is 0 Å². The average molecular weight is 943 g/mol. The van der Waals surface area contributed by atoms with E-state index in [1.807, 2.05) is 0 Å². The Hall–Kier alpha value is -8.14. The van der Waals surface area contributed by atoms with E-state index in [-0.39, 0.29) is 10.8 Å². The zero-order chi connectivity index (χ0) is 49.7. The maximum absolute atomic E-state index is 6.74.